The van der Waals surface area contributed by atoms with Crippen LogP contribution in [0.1, 0.15) is 30.4 Å². The van der Waals surface area contributed by atoms with Crippen molar-refractivity contribution in [3.63, 3.8) is 0 Å². The summed E-state index contributed by atoms with van der Waals surface area (Å²) >= 11 is 0. The number of piperidine rings is 1. The number of likely N-dealkylation sites (tertiary alicyclic amines) is 1. The van der Waals surface area contributed by atoms with Gasteiger partial charge < -0.3 is 5.73 Å². The van der Waals surface area contributed by atoms with E-state index in [9.17, 15) is 13.2 Å². The van der Waals surface area contributed by atoms with Crippen LogP contribution in [0.2, 0.25) is 0 Å². The van der Waals surface area contributed by atoms with Gasteiger partial charge in [0.1, 0.15) is 0 Å². The fourth-order valence-electron chi connectivity index (χ4n) is 2.87. The Labute approximate surface area is 117 Å². The summed E-state index contributed by atoms with van der Waals surface area (Å²) in [6.07, 6.45) is -0.987. The molecule has 1 saturated heterocycles. The first-order valence-corrected chi connectivity index (χ1v) is 7.07. The van der Waals surface area contributed by atoms with Gasteiger partial charge in [-0.15, -0.1) is 0 Å². The van der Waals surface area contributed by atoms with Crippen LogP contribution in [0.3, 0.4) is 0 Å². The lowest BCUT2D eigenvalue weighted by Gasteiger charge is -2.32. The number of nitrogens with zero attached hydrogens (tertiary/aromatic N) is 1. The quantitative estimate of drug-likeness (QED) is 0.920. The molecule has 1 heterocycles. The third-order valence-electron chi connectivity index (χ3n) is 3.84. The van der Waals surface area contributed by atoms with Crippen molar-refractivity contribution in [3.05, 3.63) is 35.4 Å². The largest absolute Gasteiger partial charge is 0.416 e. The van der Waals surface area contributed by atoms with Crippen molar-refractivity contribution < 1.29 is 13.2 Å². The first-order valence-electron chi connectivity index (χ1n) is 7.07. The van der Waals surface area contributed by atoms with Crippen LogP contribution < -0.4 is 5.73 Å². The fraction of sp³-hybridized carbons (Fsp3) is 0.600. The molecule has 2 nitrogen and oxygen atoms in total. The second-order valence-electron chi connectivity index (χ2n) is 5.52. The van der Waals surface area contributed by atoms with E-state index in [1.807, 2.05) is 0 Å². The minimum absolute atomic E-state index is 0.564. The number of rotatable bonds is 4. The summed E-state index contributed by atoms with van der Waals surface area (Å²) in [5.74, 6) is 0.583. The van der Waals surface area contributed by atoms with Crippen molar-refractivity contribution in [1.29, 1.82) is 0 Å². The van der Waals surface area contributed by atoms with E-state index in [2.05, 4.69) is 4.90 Å². The number of halogens is 3. The molecule has 1 aromatic rings. The van der Waals surface area contributed by atoms with E-state index in [1.165, 1.54) is 18.6 Å². The summed E-state index contributed by atoms with van der Waals surface area (Å²) in [4.78, 5) is 2.24. The van der Waals surface area contributed by atoms with Gasteiger partial charge in [0.2, 0.25) is 0 Å². The molecule has 0 saturated carbocycles. The van der Waals surface area contributed by atoms with Crippen molar-refractivity contribution in [2.75, 3.05) is 19.6 Å². The van der Waals surface area contributed by atoms with Crippen molar-refractivity contribution in [2.24, 2.45) is 11.7 Å². The van der Waals surface area contributed by atoms with Crippen LogP contribution in [-0.2, 0) is 12.7 Å². The molecule has 1 unspecified atom stereocenters. The molecule has 2 N–H and O–H groups in total. The molecule has 0 aliphatic carbocycles. The lowest BCUT2D eigenvalue weighted by molar-refractivity contribution is -0.137. The predicted molar refractivity (Wildman–Crippen MR) is 73.1 cm³/mol. The van der Waals surface area contributed by atoms with Crippen LogP contribution >= 0.6 is 0 Å². The van der Waals surface area contributed by atoms with Crippen LogP contribution in [0.4, 0.5) is 13.2 Å². The third-order valence-corrected chi connectivity index (χ3v) is 3.84. The highest BCUT2D eigenvalue weighted by Gasteiger charge is 2.30. The normalized spacial score (nSPS) is 21.1. The Bertz CT molecular complexity index is 429. The molecular weight excluding hydrogens is 265 g/mol. The van der Waals surface area contributed by atoms with Crippen LogP contribution in [0.25, 0.3) is 0 Å². The van der Waals surface area contributed by atoms with Crippen LogP contribution in [-0.4, -0.2) is 24.5 Å². The summed E-state index contributed by atoms with van der Waals surface area (Å²) in [5.41, 5.74) is 5.75. The smallest absolute Gasteiger partial charge is 0.330 e. The number of alkyl halides is 3. The zero-order valence-corrected chi connectivity index (χ0v) is 11.5. The van der Waals surface area contributed by atoms with E-state index in [0.717, 1.165) is 37.6 Å². The molecule has 1 aliphatic rings. The molecule has 112 valence electrons. The topological polar surface area (TPSA) is 29.3 Å². The van der Waals surface area contributed by atoms with Gasteiger partial charge in [-0.3, -0.25) is 4.90 Å². The van der Waals surface area contributed by atoms with Gasteiger partial charge in [-0.05, 0) is 49.9 Å². The van der Waals surface area contributed by atoms with Gasteiger partial charge >= 0.3 is 6.18 Å². The third kappa shape index (κ3) is 4.21. The van der Waals surface area contributed by atoms with E-state index in [4.69, 9.17) is 5.73 Å². The van der Waals surface area contributed by atoms with Crippen LogP contribution in [0, 0.1) is 5.92 Å². The Hall–Kier alpha value is -1.07. The number of hydrogen-bond acceptors (Lipinski definition) is 2. The van der Waals surface area contributed by atoms with E-state index in [-0.39, 0.29) is 0 Å². The van der Waals surface area contributed by atoms with E-state index in [1.54, 1.807) is 6.07 Å². The molecule has 5 heteroatoms. The van der Waals surface area contributed by atoms with Gasteiger partial charge in [0, 0.05) is 13.1 Å². The molecule has 1 fully saturated rings. The molecule has 1 aromatic carbocycles. The Balaban J connectivity index is 1.99. The highest BCUT2D eigenvalue weighted by Crippen LogP contribution is 2.30. The number of nitrogens with two attached hydrogens (primary N) is 1. The Morgan fingerprint density at radius 1 is 1.30 bits per heavy atom. The number of hydrogen-bond donors (Lipinski definition) is 1. The average Bonchev–Trinajstić information content (AvgIpc) is 2.39. The monoisotopic (exact) mass is 286 g/mol. The standard InChI is InChI=1S/C15H21F3N2/c16-15(17,18)14-5-1-3-13(9-14)11-20-8-2-4-12(10-20)6-7-19/h1,3,5,9,12H,2,4,6-8,10-11,19H2. The molecule has 2 rings (SSSR count). The summed E-state index contributed by atoms with van der Waals surface area (Å²) < 4.78 is 38.0. The molecule has 0 radical (unpaired) electrons. The Morgan fingerprint density at radius 2 is 2.10 bits per heavy atom. The lowest BCUT2D eigenvalue weighted by atomic mass is 9.94. The average molecular weight is 286 g/mol. The molecule has 0 spiro atoms. The highest BCUT2D eigenvalue weighted by atomic mass is 19.4. The Morgan fingerprint density at radius 3 is 2.80 bits per heavy atom. The second-order valence-corrected chi connectivity index (χ2v) is 5.52. The molecule has 0 aromatic heterocycles. The Kier molecular flexibility index (Phi) is 5.05. The SMILES string of the molecule is NCCC1CCCN(Cc2cccc(C(F)(F)F)c2)C1. The predicted octanol–water partition coefficient (Wildman–Crippen LogP) is 3.27. The van der Waals surface area contributed by atoms with Gasteiger partial charge in [-0.25, -0.2) is 0 Å². The first kappa shape index (κ1) is 15.3. The maximum Gasteiger partial charge on any atom is 0.416 e. The van der Waals surface area contributed by atoms with Gasteiger partial charge in [0.15, 0.2) is 0 Å². The van der Waals surface area contributed by atoms with Crippen molar-refractivity contribution in [3.8, 4) is 0 Å². The molecule has 0 amide bonds. The van der Waals surface area contributed by atoms with E-state index >= 15 is 0 Å². The minimum Gasteiger partial charge on any atom is -0.330 e. The minimum atomic E-state index is -4.26. The zero-order valence-electron chi connectivity index (χ0n) is 11.5. The molecule has 1 atom stereocenters. The highest BCUT2D eigenvalue weighted by molar-refractivity contribution is 5.25. The summed E-state index contributed by atoms with van der Waals surface area (Å²) in [5, 5.41) is 0. The van der Waals surface area contributed by atoms with Gasteiger partial charge in [0.25, 0.3) is 0 Å². The van der Waals surface area contributed by atoms with Crippen molar-refractivity contribution >= 4 is 0 Å². The maximum absolute atomic E-state index is 12.7. The van der Waals surface area contributed by atoms with Crippen LogP contribution in [0.5, 0.6) is 0 Å². The molecule has 20 heavy (non-hydrogen) atoms. The maximum atomic E-state index is 12.7. The van der Waals surface area contributed by atoms with Gasteiger partial charge in [0.05, 0.1) is 5.56 Å². The summed E-state index contributed by atoms with van der Waals surface area (Å²) in [6.45, 7) is 3.16. The van der Waals surface area contributed by atoms with Crippen molar-refractivity contribution in [2.45, 2.75) is 32.0 Å². The molecule has 0 bridgehead atoms. The lowest BCUT2D eigenvalue weighted by Crippen LogP contribution is -2.35. The van der Waals surface area contributed by atoms with E-state index in [0.29, 0.717) is 19.0 Å². The molecule has 1 aliphatic heterocycles. The number of benzene rings is 1. The zero-order chi connectivity index (χ0) is 14.6. The van der Waals surface area contributed by atoms with E-state index < -0.39 is 11.7 Å². The van der Waals surface area contributed by atoms with Crippen LogP contribution in [0.15, 0.2) is 24.3 Å². The summed E-state index contributed by atoms with van der Waals surface area (Å²) in [7, 11) is 0. The molecular formula is C15H21F3N2. The van der Waals surface area contributed by atoms with Crippen molar-refractivity contribution in [1.82, 2.24) is 4.90 Å². The fourth-order valence-corrected chi connectivity index (χ4v) is 2.87. The van der Waals surface area contributed by atoms with Gasteiger partial charge in [-0.2, -0.15) is 13.2 Å². The second kappa shape index (κ2) is 6.59. The first-order chi connectivity index (χ1) is 9.49. The van der Waals surface area contributed by atoms with Gasteiger partial charge in [-0.1, -0.05) is 18.2 Å². The summed E-state index contributed by atoms with van der Waals surface area (Å²) in [6, 6.07) is 5.63.